The van der Waals surface area contributed by atoms with E-state index in [0.717, 1.165) is 0 Å². The van der Waals surface area contributed by atoms with Crippen LogP contribution in [0.15, 0.2) is 36.6 Å². The first-order chi connectivity index (χ1) is 7.24. The second-order valence-electron chi connectivity index (χ2n) is 2.51. The van der Waals surface area contributed by atoms with Gasteiger partial charge in [-0.2, -0.15) is 0 Å². The summed E-state index contributed by atoms with van der Waals surface area (Å²) in [5.74, 6) is 0.671. The Kier molecular flexibility index (Phi) is 14.1. The van der Waals surface area contributed by atoms with E-state index < -0.39 is 6.10 Å². The molecule has 0 aromatic carbocycles. The predicted molar refractivity (Wildman–Crippen MR) is 65.5 cm³/mol. The van der Waals surface area contributed by atoms with E-state index >= 15 is 0 Å². The second-order valence-corrected chi connectivity index (χ2v) is 2.51. The van der Waals surface area contributed by atoms with Gasteiger partial charge in [-0.3, -0.25) is 0 Å². The maximum Gasteiger partial charge on any atom is 0.119 e. The standard InChI is InChI=1S/C10H17NO2.C2H6/c1-3-5-10(6-4-2)13-8-9(12)7-11;1-2/h3-6,9,12H,1,7-8,11H2,2H3;1-2H3/b6-4-,10-5+;. The monoisotopic (exact) mass is 213 g/mol. The molecule has 3 nitrogen and oxygen atoms in total. The van der Waals surface area contributed by atoms with Crippen LogP contribution in [-0.2, 0) is 4.74 Å². The lowest BCUT2D eigenvalue weighted by atomic mass is 10.3. The van der Waals surface area contributed by atoms with E-state index in [-0.39, 0.29) is 13.2 Å². The van der Waals surface area contributed by atoms with Crippen LogP contribution in [0, 0.1) is 0 Å². The summed E-state index contributed by atoms with van der Waals surface area (Å²) in [5, 5.41) is 9.12. The quantitative estimate of drug-likeness (QED) is 0.524. The fraction of sp³-hybridized carbons (Fsp3) is 0.500. The van der Waals surface area contributed by atoms with E-state index in [1.54, 1.807) is 18.2 Å². The summed E-state index contributed by atoms with van der Waals surface area (Å²) in [5.41, 5.74) is 5.22. The first-order valence-corrected chi connectivity index (χ1v) is 5.21. The Bertz CT molecular complexity index is 198. The van der Waals surface area contributed by atoms with Gasteiger partial charge >= 0.3 is 0 Å². The van der Waals surface area contributed by atoms with Gasteiger partial charge in [-0.1, -0.05) is 32.6 Å². The molecule has 0 fully saturated rings. The average Bonchev–Trinajstić information content (AvgIpc) is 2.28. The summed E-state index contributed by atoms with van der Waals surface area (Å²) in [6.45, 7) is 9.86. The van der Waals surface area contributed by atoms with Crippen LogP contribution in [0.1, 0.15) is 20.8 Å². The van der Waals surface area contributed by atoms with Gasteiger partial charge in [0.25, 0.3) is 0 Å². The van der Waals surface area contributed by atoms with Crippen LogP contribution in [-0.4, -0.2) is 24.4 Å². The smallest absolute Gasteiger partial charge is 0.119 e. The molecule has 1 unspecified atom stereocenters. The lowest BCUT2D eigenvalue weighted by Gasteiger charge is -2.10. The molecule has 0 amide bonds. The van der Waals surface area contributed by atoms with Crippen molar-refractivity contribution < 1.29 is 9.84 Å². The first kappa shape index (κ1) is 16.4. The lowest BCUT2D eigenvalue weighted by molar-refractivity contribution is 0.0814. The maximum atomic E-state index is 9.12. The van der Waals surface area contributed by atoms with Crippen LogP contribution in [0.25, 0.3) is 0 Å². The highest BCUT2D eigenvalue weighted by Crippen LogP contribution is 2.00. The molecule has 0 radical (unpaired) electrons. The number of aliphatic hydroxyl groups is 1. The Morgan fingerprint density at radius 3 is 2.53 bits per heavy atom. The molecule has 3 heteroatoms. The molecule has 15 heavy (non-hydrogen) atoms. The number of ether oxygens (including phenoxy) is 1. The molecule has 88 valence electrons. The van der Waals surface area contributed by atoms with Gasteiger partial charge in [0.15, 0.2) is 0 Å². The van der Waals surface area contributed by atoms with E-state index in [4.69, 9.17) is 15.6 Å². The Morgan fingerprint density at radius 1 is 1.53 bits per heavy atom. The third-order valence-corrected chi connectivity index (χ3v) is 1.33. The zero-order valence-electron chi connectivity index (χ0n) is 9.94. The molecule has 0 aliphatic rings. The summed E-state index contributed by atoms with van der Waals surface area (Å²) in [6, 6.07) is 0. The van der Waals surface area contributed by atoms with Gasteiger partial charge in [0.05, 0.1) is 0 Å². The first-order valence-electron chi connectivity index (χ1n) is 5.21. The molecule has 0 heterocycles. The highest BCUT2D eigenvalue weighted by molar-refractivity contribution is 5.16. The van der Waals surface area contributed by atoms with E-state index in [9.17, 15) is 0 Å². The molecule has 0 spiro atoms. The molecule has 3 N–H and O–H groups in total. The van der Waals surface area contributed by atoms with Crippen LogP contribution in [0.2, 0.25) is 0 Å². The van der Waals surface area contributed by atoms with Crippen molar-refractivity contribution in [2.45, 2.75) is 26.9 Å². The van der Waals surface area contributed by atoms with E-state index in [1.165, 1.54) is 0 Å². The number of hydrogen-bond donors (Lipinski definition) is 2. The summed E-state index contributed by atoms with van der Waals surface area (Å²) < 4.78 is 5.25. The molecular weight excluding hydrogens is 190 g/mol. The summed E-state index contributed by atoms with van der Waals surface area (Å²) in [6.07, 6.45) is 6.39. The highest BCUT2D eigenvalue weighted by Gasteiger charge is 2.01. The molecule has 0 bridgehead atoms. The van der Waals surface area contributed by atoms with Crippen LogP contribution in [0.5, 0.6) is 0 Å². The largest absolute Gasteiger partial charge is 0.491 e. The van der Waals surface area contributed by atoms with E-state index in [0.29, 0.717) is 5.76 Å². The van der Waals surface area contributed by atoms with Crippen LogP contribution in [0.4, 0.5) is 0 Å². The van der Waals surface area contributed by atoms with Crippen molar-refractivity contribution >= 4 is 0 Å². The van der Waals surface area contributed by atoms with Crippen LogP contribution in [0.3, 0.4) is 0 Å². The van der Waals surface area contributed by atoms with Gasteiger partial charge in [0, 0.05) is 6.54 Å². The number of hydrogen-bond acceptors (Lipinski definition) is 3. The van der Waals surface area contributed by atoms with Gasteiger partial charge < -0.3 is 15.6 Å². The Morgan fingerprint density at radius 2 is 2.13 bits per heavy atom. The van der Waals surface area contributed by atoms with Gasteiger partial charge in [-0.05, 0) is 19.1 Å². The zero-order valence-corrected chi connectivity index (χ0v) is 9.94. The Balaban J connectivity index is 0. The second kappa shape index (κ2) is 12.9. The number of rotatable bonds is 6. The van der Waals surface area contributed by atoms with Crippen molar-refractivity contribution in [3.63, 3.8) is 0 Å². The molecule has 0 saturated carbocycles. The lowest BCUT2D eigenvalue weighted by Crippen LogP contribution is -2.24. The van der Waals surface area contributed by atoms with Gasteiger partial charge in [-0.25, -0.2) is 0 Å². The third-order valence-electron chi connectivity index (χ3n) is 1.33. The van der Waals surface area contributed by atoms with Crippen molar-refractivity contribution in [1.29, 1.82) is 0 Å². The SMILES string of the molecule is C=C/C=C(\C=C/C)OCC(O)CN.CC. The van der Waals surface area contributed by atoms with Crippen molar-refractivity contribution in [2.24, 2.45) is 5.73 Å². The maximum absolute atomic E-state index is 9.12. The van der Waals surface area contributed by atoms with Crippen molar-refractivity contribution in [3.05, 3.63) is 36.6 Å². The van der Waals surface area contributed by atoms with E-state index in [1.807, 2.05) is 26.8 Å². The third kappa shape index (κ3) is 10.9. The minimum atomic E-state index is -0.613. The van der Waals surface area contributed by atoms with Crippen molar-refractivity contribution in [1.82, 2.24) is 0 Å². The number of aliphatic hydroxyl groups excluding tert-OH is 1. The molecular formula is C12H23NO2. The summed E-state index contributed by atoms with van der Waals surface area (Å²) in [7, 11) is 0. The fourth-order valence-corrected chi connectivity index (χ4v) is 0.693. The molecule has 0 aliphatic carbocycles. The van der Waals surface area contributed by atoms with Gasteiger partial charge in [0.2, 0.25) is 0 Å². The molecule has 1 atom stereocenters. The topological polar surface area (TPSA) is 55.5 Å². The molecule has 0 aromatic rings. The zero-order chi connectivity index (χ0) is 12.1. The number of allylic oxidation sites excluding steroid dienone is 4. The molecule has 0 aromatic heterocycles. The van der Waals surface area contributed by atoms with E-state index in [2.05, 4.69) is 6.58 Å². The fourth-order valence-electron chi connectivity index (χ4n) is 0.693. The summed E-state index contributed by atoms with van der Waals surface area (Å²) in [4.78, 5) is 0. The molecule has 0 rings (SSSR count). The van der Waals surface area contributed by atoms with Crippen molar-refractivity contribution in [3.8, 4) is 0 Å². The minimum Gasteiger partial charge on any atom is -0.491 e. The van der Waals surface area contributed by atoms with Gasteiger partial charge in [0.1, 0.15) is 18.5 Å². The molecule has 0 aliphatic heterocycles. The highest BCUT2D eigenvalue weighted by atomic mass is 16.5. The van der Waals surface area contributed by atoms with Crippen LogP contribution < -0.4 is 5.73 Å². The minimum absolute atomic E-state index is 0.206. The van der Waals surface area contributed by atoms with Crippen LogP contribution >= 0.6 is 0 Å². The molecule has 0 saturated heterocycles. The number of nitrogens with two attached hydrogens (primary N) is 1. The average molecular weight is 213 g/mol. The summed E-state index contributed by atoms with van der Waals surface area (Å²) >= 11 is 0. The Hall–Kier alpha value is -1.06. The van der Waals surface area contributed by atoms with Gasteiger partial charge in [-0.15, -0.1) is 0 Å². The van der Waals surface area contributed by atoms with Crippen molar-refractivity contribution in [2.75, 3.05) is 13.2 Å². The normalized spacial score (nSPS) is 13.0. The Labute approximate surface area is 92.9 Å². The predicted octanol–water partition coefficient (Wildman–Crippen LogP) is 1.99.